The van der Waals surface area contributed by atoms with Gasteiger partial charge in [-0.3, -0.25) is 4.90 Å². The average Bonchev–Trinajstić information content (AvgIpc) is 2.72. The normalized spacial score (nSPS) is 10.4. The third-order valence-electron chi connectivity index (χ3n) is 2.19. The highest BCUT2D eigenvalue weighted by molar-refractivity contribution is 7.22. The lowest BCUT2D eigenvalue weighted by Gasteiger charge is -2.11. The molecular weight excluding hydrogens is 226 g/mol. The molecule has 0 atom stereocenters. The molecule has 2 N–H and O–H groups in total. The van der Waals surface area contributed by atoms with Gasteiger partial charge >= 0.3 is 6.03 Å². The number of para-hydroxylation sites is 1. The Balaban J connectivity index is 2.47. The van der Waals surface area contributed by atoms with Crippen LogP contribution >= 0.6 is 11.3 Å². The van der Waals surface area contributed by atoms with Crippen LogP contribution in [-0.2, 0) is 0 Å². The zero-order chi connectivity index (χ0) is 11.7. The fourth-order valence-corrected chi connectivity index (χ4v) is 2.27. The predicted octanol–water partition coefficient (Wildman–Crippen LogP) is 1.78. The minimum Gasteiger partial charge on any atom is -0.506 e. The lowest BCUT2D eigenvalue weighted by atomic mass is 10.3. The second-order valence-corrected chi connectivity index (χ2v) is 4.24. The maximum atomic E-state index is 11.4. The maximum absolute atomic E-state index is 11.4. The molecule has 6 heteroatoms. The Labute approximate surface area is 96.3 Å². The molecule has 16 heavy (non-hydrogen) atoms. The molecule has 5 nitrogen and oxygen atoms in total. The Morgan fingerprint density at radius 1 is 1.56 bits per heavy atom. The van der Waals surface area contributed by atoms with Gasteiger partial charge in [0.2, 0.25) is 0 Å². The van der Waals surface area contributed by atoms with E-state index in [2.05, 4.69) is 10.3 Å². The molecule has 84 valence electrons. The first-order valence-electron chi connectivity index (χ1n) is 4.67. The van der Waals surface area contributed by atoms with Gasteiger partial charge in [-0.2, -0.15) is 0 Å². The summed E-state index contributed by atoms with van der Waals surface area (Å²) >= 11 is 1.36. The number of carbonyl (C=O) groups excluding carboxylic acids is 1. The SMILES string of the molecule is CNC(=O)N(C)c1nc2c(O)cccc2s1. The summed E-state index contributed by atoms with van der Waals surface area (Å²) in [6, 6.07) is 4.94. The molecule has 0 spiro atoms. The molecule has 0 aliphatic heterocycles. The first-order valence-corrected chi connectivity index (χ1v) is 5.49. The van der Waals surface area contributed by atoms with E-state index in [9.17, 15) is 9.90 Å². The quantitative estimate of drug-likeness (QED) is 0.794. The van der Waals surface area contributed by atoms with Gasteiger partial charge < -0.3 is 10.4 Å². The molecule has 0 saturated heterocycles. The zero-order valence-corrected chi connectivity index (χ0v) is 9.71. The van der Waals surface area contributed by atoms with Gasteiger partial charge in [0.15, 0.2) is 5.13 Å². The number of hydrogen-bond donors (Lipinski definition) is 2. The lowest BCUT2D eigenvalue weighted by molar-refractivity contribution is 0.249. The summed E-state index contributed by atoms with van der Waals surface area (Å²) < 4.78 is 0.853. The molecule has 0 bridgehead atoms. The number of aromatic hydroxyl groups is 1. The average molecular weight is 237 g/mol. The van der Waals surface area contributed by atoms with E-state index in [1.807, 2.05) is 6.07 Å². The van der Waals surface area contributed by atoms with E-state index < -0.39 is 0 Å². The summed E-state index contributed by atoms with van der Waals surface area (Å²) in [5.74, 6) is 0.130. The van der Waals surface area contributed by atoms with Gasteiger partial charge in [0.25, 0.3) is 0 Å². The molecule has 0 saturated carbocycles. The minimum absolute atomic E-state index is 0.130. The van der Waals surface area contributed by atoms with E-state index in [1.54, 1.807) is 26.2 Å². The van der Waals surface area contributed by atoms with Gasteiger partial charge in [-0.25, -0.2) is 9.78 Å². The Morgan fingerprint density at radius 2 is 2.31 bits per heavy atom. The van der Waals surface area contributed by atoms with E-state index in [0.717, 1.165) is 4.70 Å². The van der Waals surface area contributed by atoms with Crippen LogP contribution in [0.25, 0.3) is 10.2 Å². The van der Waals surface area contributed by atoms with Crippen LogP contribution in [0.4, 0.5) is 9.93 Å². The van der Waals surface area contributed by atoms with Gasteiger partial charge in [-0.05, 0) is 12.1 Å². The van der Waals surface area contributed by atoms with Crippen LogP contribution in [0.2, 0.25) is 0 Å². The highest BCUT2D eigenvalue weighted by atomic mass is 32.1. The smallest absolute Gasteiger partial charge is 0.323 e. The molecule has 2 aromatic rings. The van der Waals surface area contributed by atoms with Crippen molar-refractivity contribution in [3.05, 3.63) is 18.2 Å². The molecule has 0 unspecified atom stereocenters. The van der Waals surface area contributed by atoms with Crippen LogP contribution < -0.4 is 10.2 Å². The van der Waals surface area contributed by atoms with Crippen molar-refractivity contribution in [2.75, 3.05) is 19.0 Å². The molecule has 1 heterocycles. The second kappa shape index (κ2) is 3.97. The summed E-state index contributed by atoms with van der Waals surface area (Å²) in [6.07, 6.45) is 0. The van der Waals surface area contributed by atoms with Crippen molar-refractivity contribution in [3.8, 4) is 5.75 Å². The van der Waals surface area contributed by atoms with E-state index in [-0.39, 0.29) is 11.8 Å². The summed E-state index contributed by atoms with van der Waals surface area (Å²) in [5.41, 5.74) is 0.526. The standard InChI is InChI=1S/C10H11N3O2S/c1-11-9(15)13(2)10-12-8-6(14)4-3-5-7(8)16-10/h3-5,14H,1-2H3,(H,11,15). The van der Waals surface area contributed by atoms with Crippen molar-refractivity contribution in [2.24, 2.45) is 0 Å². The van der Waals surface area contributed by atoms with E-state index in [1.165, 1.54) is 16.2 Å². The van der Waals surface area contributed by atoms with E-state index in [4.69, 9.17) is 0 Å². The van der Waals surface area contributed by atoms with Gasteiger partial charge in [0.05, 0.1) is 4.70 Å². The number of anilines is 1. The Kier molecular flexibility index (Phi) is 2.66. The topological polar surface area (TPSA) is 65.5 Å². The lowest BCUT2D eigenvalue weighted by Crippen LogP contribution is -2.34. The number of benzene rings is 1. The Bertz CT molecular complexity index is 538. The minimum atomic E-state index is -0.237. The zero-order valence-electron chi connectivity index (χ0n) is 8.89. The molecule has 1 aromatic heterocycles. The number of phenols is 1. The number of aromatic nitrogens is 1. The monoisotopic (exact) mass is 237 g/mol. The first kappa shape index (κ1) is 10.7. The molecule has 0 aliphatic carbocycles. The highest BCUT2D eigenvalue weighted by Crippen LogP contribution is 2.32. The molecule has 0 fully saturated rings. The van der Waals surface area contributed by atoms with Crippen molar-refractivity contribution in [2.45, 2.75) is 0 Å². The van der Waals surface area contributed by atoms with Gasteiger partial charge in [0, 0.05) is 14.1 Å². The number of nitrogens with one attached hydrogen (secondary N) is 1. The number of phenolic OH excluding ortho intramolecular Hbond substituents is 1. The second-order valence-electron chi connectivity index (χ2n) is 3.23. The molecule has 2 amide bonds. The summed E-state index contributed by atoms with van der Waals surface area (Å²) in [7, 11) is 3.19. The maximum Gasteiger partial charge on any atom is 0.323 e. The summed E-state index contributed by atoms with van der Waals surface area (Å²) in [5, 5.41) is 12.7. The number of thiazole rings is 1. The third-order valence-corrected chi connectivity index (χ3v) is 3.29. The van der Waals surface area contributed by atoms with Crippen LogP contribution in [0.1, 0.15) is 0 Å². The van der Waals surface area contributed by atoms with Crippen molar-refractivity contribution >= 4 is 32.7 Å². The number of hydrogen-bond acceptors (Lipinski definition) is 4. The van der Waals surface area contributed by atoms with Crippen molar-refractivity contribution in [3.63, 3.8) is 0 Å². The number of rotatable bonds is 1. The number of carbonyl (C=O) groups is 1. The number of fused-ring (bicyclic) bond motifs is 1. The van der Waals surface area contributed by atoms with Crippen LogP contribution in [0.3, 0.4) is 0 Å². The highest BCUT2D eigenvalue weighted by Gasteiger charge is 2.14. The fourth-order valence-electron chi connectivity index (χ4n) is 1.32. The molecule has 2 rings (SSSR count). The van der Waals surface area contributed by atoms with Crippen LogP contribution in [0, 0.1) is 0 Å². The predicted molar refractivity (Wildman–Crippen MR) is 64.1 cm³/mol. The Hall–Kier alpha value is -1.82. The molecule has 0 aliphatic rings. The van der Waals surface area contributed by atoms with Crippen molar-refractivity contribution in [1.82, 2.24) is 10.3 Å². The number of urea groups is 1. The van der Waals surface area contributed by atoms with Gasteiger partial charge in [-0.1, -0.05) is 17.4 Å². The van der Waals surface area contributed by atoms with Gasteiger partial charge in [-0.15, -0.1) is 0 Å². The van der Waals surface area contributed by atoms with Crippen LogP contribution in [-0.4, -0.2) is 30.2 Å². The third kappa shape index (κ3) is 1.67. The van der Waals surface area contributed by atoms with Crippen molar-refractivity contribution < 1.29 is 9.90 Å². The largest absolute Gasteiger partial charge is 0.506 e. The molecule has 0 radical (unpaired) electrons. The van der Waals surface area contributed by atoms with Crippen LogP contribution in [0.15, 0.2) is 18.2 Å². The van der Waals surface area contributed by atoms with E-state index in [0.29, 0.717) is 10.6 Å². The Morgan fingerprint density at radius 3 is 2.94 bits per heavy atom. The molecule has 1 aromatic carbocycles. The van der Waals surface area contributed by atoms with Crippen LogP contribution in [0.5, 0.6) is 5.75 Å². The summed E-state index contributed by atoms with van der Waals surface area (Å²) in [6.45, 7) is 0. The van der Waals surface area contributed by atoms with Crippen molar-refractivity contribution in [1.29, 1.82) is 0 Å². The number of nitrogens with zero attached hydrogens (tertiary/aromatic N) is 2. The van der Waals surface area contributed by atoms with E-state index >= 15 is 0 Å². The summed E-state index contributed by atoms with van der Waals surface area (Å²) in [4.78, 5) is 17.0. The fraction of sp³-hybridized carbons (Fsp3) is 0.200. The first-order chi connectivity index (χ1) is 7.63. The molecular formula is C10H11N3O2S. The van der Waals surface area contributed by atoms with Gasteiger partial charge in [0.1, 0.15) is 11.3 Å². The number of amides is 2.